The summed E-state index contributed by atoms with van der Waals surface area (Å²) in [5.74, 6) is 2.60. The molecule has 1 N–H and O–H groups in total. The molecule has 1 atom stereocenters. The molecule has 2 aromatic carbocycles. The number of hydrogen-bond donors (Lipinski definition) is 1. The molecule has 5 nitrogen and oxygen atoms in total. The van der Waals surface area contributed by atoms with Crippen molar-refractivity contribution in [2.24, 2.45) is 7.05 Å². The van der Waals surface area contributed by atoms with Gasteiger partial charge in [0.1, 0.15) is 30.8 Å². The van der Waals surface area contributed by atoms with Crippen LogP contribution in [0.5, 0.6) is 11.5 Å². The molecule has 3 aromatic rings. The number of rotatable bonds is 6. The SMILES string of the molecule is COc1ccc(OCC(O)Cn2c(C)[n+](C)c3ccccc32)cc1.[I-]. The monoisotopic (exact) mass is 454 g/mol. The van der Waals surface area contributed by atoms with Gasteiger partial charge in [0.15, 0.2) is 11.0 Å². The highest BCUT2D eigenvalue weighted by Crippen LogP contribution is 2.18. The number of methoxy groups -OCH3 is 1. The first-order valence-electron chi connectivity index (χ1n) is 7.99. The van der Waals surface area contributed by atoms with Gasteiger partial charge in [-0.1, -0.05) is 12.1 Å². The van der Waals surface area contributed by atoms with Crippen LogP contribution in [0.15, 0.2) is 48.5 Å². The summed E-state index contributed by atoms with van der Waals surface area (Å²) in [5, 5.41) is 10.4. The van der Waals surface area contributed by atoms with Crippen LogP contribution < -0.4 is 38.0 Å². The van der Waals surface area contributed by atoms with Gasteiger partial charge in [-0.3, -0.25) is 0 Å². The Kier molecular flexibility index (Phi) is 6.66. The number of hydrogen-bond acceptors (Lipinski definition) is 3. The number of aromatic nitrogens is 2. The molecule has 0 aliphatic heterocycles. The Morgan fingerprint density at radius 1 is 1.08 bits per heavy atom. The first kappa shape index (κ1) is 19.5. The number of aliphatic hydroxyl groups is 1. The predicted octanol–water partition coefficient (Wildman–Crippen LogP) is -0.773. The molecule has 0 aliphatic carbocycles. The van der Waals surface area contributed by atoms with Crippen molar-refractivity contribution in [1.82, 2.24) is 4.57 Å². The molecule has 0 saturated carbocycles. The lowest BCUT2D eigenvalue weighted by Crippen LogP contribution is -3.00. The van der Waals surface area contributed by atoms with E-state index in [9.17, 15) is 5.11 Å². The quantitative estimate of drug-likeness (QED) is 0.393. The summed E-state index contributed by atoms with van der Waals surface area (Å²) < 4.78 is 15.0. The maximum atomic E-state index is 10.4. The number of para-hydroxylation sites is 2. The first-order chi connectivity index (χ1) is 11.6. The first-order valence-corrected chi connectivity index (χ1v) is 7.99. The van der Waals surface area contributed by atoms with Gasteiger partial charge in [-0.25, -0.2) is 9.13 Å². The van der Waals surface area contributed by atoms with Crippen LogP contribution in [-0.4, -0.2) is 29.5 Å². The van der Waals surface area contributed by atoms with Gasteiger partial charge in [0, 0.05) is 6.92 Å². The van der Waals surface area contributed by atoms with Crippen LogP contribution in [0.1, 0.15) is 5.82 Å². The van der Waals surface area contributed by atoms with Crippen molar-refractivity contribution in [3.8, 4) is 11.5 Å². The van der Waals surface area contributed by atoms with Crippen LogP contribution >= 0.6 is 0 Å². The van der Waals surface area contributed by atoms with Crippen LogP contribution in [0, 0.1) is 6.92 Å². The lowest BCUT2D eigenvalue weighted by Gasteiger charge is -2.12. The predicted molar refractivity (Wildman–Crippen MR) is 92.3 cm³/mol. The van der Waals surface area contributed by atoms with Crippen LogP contribution in [0.4, 0.5) is 0 Å². The summed E-state index contributed by atoms with van der Waals surface area (Å²) in [6.07, 6.45) is -0.596. The summed E-state index contributed by atoms with van der Waals surface area (Å²) >= 11 is 0. The second kappa shape index (κ2) is 8.53. The molecule has 0 bridgehead atoms. The molecule has 0 radical (unpaired) electrons. The second-order valence-electron chi connectivity index (χ2n) is 5.85. The summed E-state index contributed by atoms with van der Waals surface area (Å²) in [4.78, 5) is 0. The Bertz CT molecular complexity index is 831. The molecule has 1 aromatic heterocycles. The minimum Gasteiger partial charge on any atom is -1.00 e. The van der Waals surface area contributed by atoms with Gasteiger partial charge in [-0.2, -0.15) is 0 Å². The third-order valence-electron chi connectivity index (χ3n) is 4.31. The topological polar surface area (TPSA) is 47.5 Å². The Hall–Kier alpha value is -1.80. The van der Waals surface area contributed by atoms with Crippen LogP contribution in [0.2, 0.25) is 0 Å². The van der Waals surface area contributed by atoms with Gasteiger partial charge in [0.2, 0.25) is 0 Å². The third-order valence-corrected chi connectivity index (χ3v) is 4.31. The minimum absolute atomic E-state index is 0. The Balaban J connectivity index is 0.00000225. The lowest BCUT2D eigenvalue weighted by atomic mass is 10.3. The summed E-state index contributed by atoms with van der Waals surface area (Å²) in [7, 11) is 3.66. The number of halogens is 1. The normalized spacial score (nSPS) is 11.8. The summed E-state index contributed by atoms with van der Waals surface area (Å²) in [5.41, 5.74) is 2.26. The highest BCUT2D eigenvalue weighted by molar-refractivity contribution is 5.72. The van der Waals surface area contributed by atoms with E-state index in [1.807, 2.05) is 43.4 Å². The van der Waals surface area contributed by atoms with E-state index in [1.165, 1.54) is 0 Å². The fourth-order valence-corrected chi connectivity index (χ4v) is 2.86. The zero-order valence-corrected chi connectivity index (χ0v) is 16.8. The van der Waals surface area contributed by atoms with Crippen molar-refractivity contribution < 1.29 is 43.1 Å². The molecule has 0 saturated heterocycles. The number of nitrogens with zero attached hydrogens (tertiary/aromatic N) is 2. The van der Waals surface area contributed by atoms with E-state index in [2.05, 4.69) is 28.2 Å². The highest BCUT2D eigenvalue weighted by atomic mass is 127. The van der Waals surface area contributed by atoms with E-state index in [0.29, 0.717) is 6.54 Å². The number of aliphatic hydroxyl groups excluding tert-OH is 1. The molecular weight excluding hydrogens is 431 g/mol. The molecule has 134 valence electrons. The Labute approximate surface area is 164 Å². The number of fused-ring (bicyclic) bond motifs is 1. The molecule has 1 unspecified atom stereocenters. The van der Waals surface area contributed by atoms with E-state index in [0.717, 1.165) is 28.4 Å². The molecular formula is C19H23IN2O3. The zero-order valence-electron chi connectivity index (χ0n) is 14.6. The standard InChI is InChI=1S/C19H23N2O3.HI/c1-14-20(2)18-6-4-5-7-19(18)21(14)12-15(22)13-24-17-10-8-16(23-3)9-11-17;/h4-11,15,22H,12-13H2,1-3H3;1H/q+1;/p-1. The van der Waals surface area contributed by atoms with Gasteiger partial charge in [0.05, 0.1) is 14.2 Å². The third kappa shape index (κ3) is 4.24. The van der Waals surface area contributed by atoms with Crippen molar-refractivity contribution in [3.63, 3.8) is 0 Å². The van der Waals surface area contributed by atoms with Crippen molar-refractivity contribution in [1.29, 1.82) is 0 Å². The summed E-state index contributed by atoms with van der Waals surface area (Å²) in [6.45, 7) is 2.78. The smallest absolute Gasteiger partial charge is 0.254 e. The Morgan fingerprint density at radius 3 is 2.40 bits per heavy atom. The second-order valence-corrected chi connectivity index (χ2v) is 5.85. The number of aryl methyl sites for hydroxylation is 1. The van der Waals surface area contributed by atoms with Crippen molar-refractivity contribution in [3.05, 3.63) is 54.4 Å². The molecule has 0 fully saturated rings. The summed E-state index contributed by atoms with van der Waals surface area (Å²) in [6, 6.07) is 15.5. The number of benzene rings is 2. The van der Waals surface area contributed by atoms with Gasteiger partial charge in [-0.05, 0) is 36.4 Å². The van der Waals surface area contributed by atoms with Crippen LogP contribution in [0.3, 0.4) is 0 Å². The van der Waals surface area contributed by atoms with E-state index in [1.54, 1.807) is 7.11 Å². The molecule has 0 aliphatic rings. The van der Waals surface area contributed by atoms with E-state index < -0.39 is 6.10 Å². The van der Waals surface area contributed by atoms with Gasteiger partial charge in [0.25, 0.3) is 5.82 Å². The van der Waals surface area contributed by atoms with Crippen LogP contribution in [-0.2, 0) is 13.6 Å². The average molecular weight is 454 g/mol. The number of imidazole rings is 1. The fraction of sp³-hybridized carbons (Fsp3) is 0.316. The van der Waals surface area contributed by atoms with Gasteiger partial charge >= 0.3 is 0 Å². The highest BCUT2D eigenvalue weighted by Gasteiger charge is 2.21. The zero-order chi connectivity index (χ0) is 17.1. The van der Waals surface area contributed by atoms with Crippen molar-refractivity contribution >= 4 is 11.0 Å². The maximum absolute atomic E-state index is 10.4. The molecule has 1 heterocycles. The molecule has 3 rings (SSSR count). The number of ether oxygens (including phenoxy) is 2. The average Bonchev–Trinajstić information content (AvgIpc) is 2.86. The molecule has 0 spiro atoms. The fourth-order valence-electron chi connectivity index (χ4n) is 2.86. The lowest BCUT2D eigenvalue weighted by molar-refractivity contribution is -0.652. The molecule has 25 heavy (non-hydrogen) atoms. The van der Waals surface area contributed by atoms with E-state index in [-0.39, 0.29) is 30.6 Å². The molecule has 6 heteroatoms. The maximum Gasteiger partial charge on any atom is 0.254 e. The van der Waals surface area contributed by atoms with Crippen molar-refractivity contribution in [2.45, 2.75) is 19.6 Å². The van der Waals surface area contributed by atoms with Crippen molar-refractivity contribution in [2.75, 3.05) is 13.7 Å². The van der Waals surface area contributed by atoms with Gasteiger partial charge in [-0.15, -0.1) is 0 Å². The minimum atomic E-state index is -0.596. The largest absolute Gasteiger partial charge is 1.00 e. The van der Waals surface area contributed by atoms with E-state index in [4.69, 9.17) is 9.47 Å². The van der Waals surface area contributed by atoms with Gasteiger partial charge < -0.3 is 38.6 Å². The van der Waals surface area contributed by atoms with E-state index >= 15 is 0 Å². The molecule has 0 amide bonds. The van der Waals surface area contributed by atoms with Crippen LogP contribution in [0.25, 0.3) is 11.0 Å². The Morgan fingerprint density at radius 2 is 1.72 bits per heavy atom.